The molecule has 162 valence electrons. The highest BCUT2D eigenvalue weighted by Gasteiger charge is 2.23. The van der Waals surface area contributed by atoms with E-state index in [4.69, 9.17) is 0 Å². The monoisotopic (exact) mass is 433 g/mol. The van der Waals surface area contributed by atoms with Gasteiger partial charge in [0.25, 0.3) is 16.1 Å². The number of pyridine rings is 1. The van der Waals surface area contributed by atoms with Gasteiger partial charge in [-0.25, -0.2) is 9.71 Å². The molecule has 2 N–H and O–H groups in total. The van der Waals surface area contributed by atoms with Gasteiger partial charge in [-0.15, -0.1) is 0 Å². The number of rotatable bonds is 8. The fourth-order valence-electron chi connectivity index (χ4n) is 3.34. The molecule has 1 aliphatic rings. The molecule has 11 heteroatoms. The zero-order valence-corrected chi connectivity index (χ0v) is 18.0. The Morgan fingerprint density at radius 3 is 2.63 bits per heavy atom. The minimum absolute atomic E-state index is 0.240. The Hall–Kier alpha value is -2.63. The van der Waals surface area contributed by atoms with Crippen molar-refractivity contribution in [3.8, 4) is 0 Å². The van der Waals surface area contributed by atoms with E-state index in [1.54, 1.807) is 37.6 Å². The van der Waals surface area contributed by atoms with Gasteiger partial charge in [-0.3, -0.25) is 15.1 Å². The van der Waals surface area contributed by atoms with Crippen LogP contribution in [0.25, 0.3) is 0 Å². The first-order chi connectivity index (χ1) is 14.4. The van der Waals surface area contributed by atoms with Crippen molar-refractivity contribution >= 4 is 27.9 Å². The predicted molar refractivity (Wildman–Crippen MR) is 114 cm³/mol. The largest absolute Gasteiger partial charge is 0.356 e. The topological polar surface area (TPSA) is 120 Å². The second-order valence-corrected chi connectivity index (χ2v) is 9.14. The number of piperidine rings is 1. The smallest absolute Gasteiger partial charge is 0.278 e. The van der Waals surface area contributed by atoms with E-state index in [1.807, 2.05) is 6.07 Å². The molecule has 30 heavy (non-hydrogen) atoms. The Bertz CT molecular complexity index is 948. The molecule has 1 fully saturated rings. The lowest BCUT2D eigenvalue weighted by molar-refractivity contribution is 0.102. The van der Waals surface area contributed by atoms with Crippen molar-refractivity contribution in [1.82, 2.24) is 24.0 Å². The Morgan fingerprint density at radius 1 is 1.20 bits per heavy atom. The predicted octanol–water partition coefficient (Wildman–Crippen LogP) is 1.13. The van der Waals surface area contributed by atoms with Crippen LogP contribution in [-0.4, -0.2) is 67.3 Å². The molecule has 0 aromatic carbocycles. The summed E-state index contributed by atoms with van der Waals surface area (Å²) in [4.78, 5) is 27.0. The molecule has 2 aromatic heterocycles. The summed E-state index contributed by atoms with van der Waals surface area (Å²) in [7, 11) is -0.369. The van der Waals surface area contributed by atoms with Crippen molar-refractivity contribution in [2.45, 2.75) is 19.3 Å². The molecule has 10 nitrogen and oxygen atoms in total. The SMILES string of the molecule is CNS(=O)(=O)N(C)CCC1CCN(c2ccnc(NC(=O)c3ccccn3)n2)CC1. The lowest BCUT2D eigenvalue weighted by Crippen LogP contribution is -2.39. The molecule has 1 saturated heterocycles. The molecule has 0 spiro atoms. The van der Waals surface area contributed by atoms with Crippen molar-refractivity contribution in [2.24, 2.45) is 5.92 Å². The third kappa shape index (κ3) is 5.71. The van der Waals surface area contributed by atoms with Crippen molar-refractivity contribution in [2.75, 3.05) is 43.9 Å². The zero-order valence-electron chi connectivity index (χ0n) is 17.2. The summed E-state index contributed by atoms with van der Waals surface area (Å²) < 4.78 is 27.2. The summed E-state index contributed by atoms with van der Waals surface area (Å²) in [6.45, 7) is 2.13. The lowest BCUT2D eigenvalue weighted by Gasteiger charge is -2.33. The van der Waals surface area contributed by atoms with Gasteiger partial charge in [-0.1, -0.05) is 6.07 Å². The molecular formula is C19H27N7O3S. The highest BCUT2D eigenvalue weighted by atomic mass is 32.2. The molecule has 0 saturated carbocycles. The van der Waals surface area contributed by atoms with Crippen LogP contribution in [0.3, 0.4) is 0 Å². The van der Waals surface area contributed by atoms with Gasteiger partial charge in [0.15, 0.2) is 0 Å². The van der Waals surface area contributed by atoms with E-state index < -0.39 is 10.2 Å². The molecule has 1 amide bonds. The number of amides is 1. The maximum absolute atomic E-state index is 12.2. The maximum Gasteiger partial charge on any atom is 0.278 e. The number of carbonyl (C=O) groups excluding carboxylic acids is 1. The van der Waals surface area contributed by atoms with Gasteiger partial charge >= 0.3 is 0 Å². The number of hydrogen-bond acceptors (Lipinski definition) is 7. The molecule has 0 bridgehead atoms. The summed E-state index contributed by atoms with van der Waals surface area (Å²) in [5, 5.41) is 2.68. The average molecular weight is 434 g/mol. The van der Waals surface area contributed by atoms with E-state index in [1.165, 1.54) is 11.4 Å². The summed E-state index contributed by atoms with van der Waals surface area (Å²) in [6.07, 6.45) is 5.91. The number of aromatic nitrogens is 3. The Morgan fingerprint density at radius 2 is 1.97 bits per heavy atom. The van der Waals surface area contributed by atoms with Crippen LogP contribution in [0.5, 0.6) is 0 Å². The molecular weight excluding hydrogens is 406 g/mol. The van der Waals surface area contributed by atoms with Gasteiger partial charge in [0.05, 0.1) is 0 Å². The minimum atomic E-state index is -3.37. The molecule has 0 atom stereocenters. The van der Waals surface area contributed by atoms with Gasteiger partial charge in [-0.05, 0) is 43.4 Å². The lowest BCUT2D eigenvalue weighted by atomic mass is 9.93. The first-order valence-corrected chi connectivity index (χ1v) is 11.3. The van der Waals surface area contributed by atoms with Crippen LogP contribution in [0.4, 0.5) is 11.8 Å². The first kappa shape index (κ1) is 22.1. The summed E-state index contributed by atoms with van der Waals surface area (Å²) in [6, 6.07) is 6.94. The highest BCUT2D eigenvalue weighted by molar-refractivity contribution is 7.87. The van der Waals surface area contributed by atoms with Gasteiger partial charge < -0.3 is 4.90 Å². The summed E-state index contributed by atoms with van der Waals surface area (Å²) in [5.74, 6) is 1.10. The number of anilines is 2. The van der Waals surface area contributed by atoms with Gasteiger partial charge in [0.2, 0.25) is 5.95 Å². The van der Waals surface area contributed by atoms with E-state index in [0.29, 0.717) is 18.2 Å². The number of hydrogen-bond donors (Lipinski definition) is 2. The van der Waals surface area contributed by atoms with Crippen LogP contribution in [0.2, 0.25) is 0 Å². The van der Waals surface area contributed by atoms with E-state index in [0.717, 1.165) is 38.2 Å². The summed E-state index contributed by atoms with van der Waals surface area (Å²) >= 11 is 0. The van der Waals surface area contributed by atoms with Crippen molar-refractivity contribution in [1.29, 1.82) is 0 Å². The molecule has 2 aromatic rings. The normalized spacial score (nSPS) is 15.4. The van der Waals surface area contributed by atoms with Crippen molar-refractivity contribution in [3.05, 3.63) is 42.4 Å². The Kier molecular flexibility index (Phi) is 7.29. The molecule has 3 rings (SSSR count). The van der Waals surface area contributed by atoms with Crippen LogP contribution in [0, 0.1) is 5.92 Å². The first-order valence-electron chi connectivity index (χ1n) is 9.84. The second kappa shape index (κ2) is 9.92. The van der Waals surface area contributed by atoms with Crippen LogP contribution < -0.4 is 14.9 Å². The third-order valence-corrected chi connectivity index (χ3v) is 6.74. The van der Waals surface area contributed by atoms with Crippen molar-refractivity contribution in [3.63, 3.8) is 0 Å². The fourth-order valence-corrected chi connectivity index (χ4v) is 4.00. The second-order valence-electron chi connectivity index (χ2n) is 7.16. The molecule has 0 aliphatic carbocycles. The third-order valence-electron chi connectivity index (χ3n) is 5.22. The maximum atomic E-state index is 12.2. The van der Waals surface area contributed by atoms with Gasteiger partial charge in [0, 0.05) is 46.1 Å². The minimum Gasteiger partial charge on any atom is -0.356 e. The Labute approximate surface area is 176 Å². The highest BCUT2D eigenvalue weighted by Crippen LogP contribution is 2.24. The van der Waals surface area contributed by atoms with Gasteiger partial charge in [-0.2, -0.15) is 17.7 Å². The number of nitrogens with zero attached hydrogens (tertiary/aromatic N) is 5. The van der Waals surface area contributed by atoms with E-state index in [2.05, 4.69) is 29.9 Å². The molecule has 3 heterocycles. The number of carbonyl (C=O) groups is 1. The van der Waals surface area contributed by atoms with E-state index >= 15 is 0 Å². The molecule has 0 unspecified atom stereocenters. The summed E-state index contributed by atoms with van der Waals surface area (Å²) in [5.41, 5.74) is 0.303. The van der Waals surface area contributed by atoms with Crippen LogP contribution in [-0.2, 0) is 10.2 Å². The number of nitrogens with one attached hydrogen (secondary N) is 2. The molecule has 1 aliphatic heterocycles. The molecule has 0 radical (unpaired) electrons. The fraction of sp³-hybridized carbons (Fsp3) is 0.474. The quantitative estimate of drug-likeness (QED) is 0.640. The van der Waals surface area contributed by atoms with Crippen molar-refractivity contribution < 1.29 is 13.2 Å². The zero-order chi connectivity index (χ0) is 21.6. The average Bonchev–Trinajstić information content (AvgIpc) is 2.78. The van der Waals surface area contributed by atoms with Crippen LogP contribution in [0.15, 0.2) is 36.7 Å². The van der Waals surface area contributed by atoms with Crippen LogP contribution in [0.1, 0.15) is 29.8 Å². The standard InChI is InChI=1S/C19H27N7O3S/c1-20-30(28,29)25(2)12-7-15-8-13-26(14-9-15)17-6-11-22-19(23-17)24-18(27)16-5-3-4-10-21-16/h3-6,10-11,15,20H,7-9,12-14H2,1-2H3,(H,22,23,24,27). The van der Waals surface area contributed by atoms with Gasteiger partial charge in [0.1, 0.15) is 11.5 Å². The van der Waals surface area contributed by atoms with Crippen LogP contribution >= 0.6 is 0 Å². The van der Waals surface area contributed by atoms with E-state index in [9.17, 15) is 13.2 Å². The Balaban J connectivity index is 1.52. The van der Waals surface area contributed by atoms with E-state index in [-0.39, 0.29) is 11.9 Å².